The Labute approximate surface area is 117 Å². The van der Waals surface area contributed by atoms with Crippen molar-refractivity contribution >= 4 is 5.97 Å². The van der Waals surface area contributed by atoms with Gasteiger partial charge in [-0.25, -0.2) is 4.39 Å². The van der Waals surface area contributed by atoms with Gasteiger partial charge in [-0.05, 0) is 6.07 Å². The second-order valence-electron chi connectivity index (χ2n) is 4.86. The third-order valence-corrected chi connectivity index (χ3v) is 3.62. The van der Waals surface area contributed by atoms with Crippen LogP contribution in [-0.2, 0) is 4.79 Å². The van der Waals surface area contributed by atoms with Gasteiger partial charge in [-0.2, -0.15) is 0 Å². The van der Waals surface area contributed by atoms with Crippen LogP contribution in [0.4, 0.5) is 4.39 Å². The zero-order chi connectivity index (χ0) is 14.5. The van der Waals surface area contributed by atoms with E-state index in [0.29, 0.717) is 32.7 Å². The Kier molecular flexibility index (Phi) is 5.05. The zero-order valence-corrected chi connectivity index (χ0v) is 11.2. The van der Waals surface area contributed by atoms with E-state index in [1.807, 2.05) is 0 Å². The molecule has 5 nitrogen and oxygen atoms in total. The molecule has 1 fully saturated rings. The second kappa shape index (κ2) is 6.78. The summed E-state index contributed by atoms with van der Waals surface area (Å²) in [6, 6.07) is 5.06. The standard InChI is InChI=1S/C14H19FN2O3/c15-12-4-2-1-3-11(12)13(14(19)20)17-7-5-16(6-8-17)9-10-18/h1-4,13,18H,5-10H2,(H,19,20). The Bertz CT molecular complexity index is 461. The van der Waals surface area contributed by atoms with Gasteiger partial charge in [0.1, 0.15) is 11.9 Å². The summed E-state index contributed by atoms with van der Waals surface area (Å²) in [5.41, 5.74) is 0.204. The zero-order valence-electron chi connectivity index (χ0n) is 11.2. The molecule has 0 saturated carbocycles. The fraction of sp³-hybridized carbons (Fsp3) is 0.500. The second-order valence-corrected chi connectivity index (χ2v) is 4.86. The highest BCUT2D eigenvalue weighted by molar-refractivity contribution is 5.75. The minimum atomic E-state index is -1.04. The Balaban J connectivity index is 2.11. The predicted octanol–water partition coefficient (Wildman–Crippen LogP) is 0.561. The highest BCUT2D eigenvalue weighted by Crippen LogP contribution is 2.24. The SMILES string of the molecule is O=C(O)C(c1ccccc1F)N1CCN(CCO)CC1. The molecule has 0 aromatic heterocycles. The molecule has 0 aliphatic carbocycles. The molecule has 1 aromatic rings. The van der Waals surface area contributed by atoms with E-state index in [0.717, 1.165) is 0 Å². The fourth-order valence-electron chi connectivity index (χ4n) is 2.57. The van der Waals surface area contributed by atoms with Gasteiger partial charge in [-0.1, -0.05) is 18.2 Å². The molecule has 1 aromatic carbocycles. The Morgan fingerprint density at radius 3 is 2.45 bits per heavy atom. The van der Waals surface area contributed by atoms with Crippen molar-refractivity contribution in [2.75, 3.05) is 39.3 Å². The lowest BCUT2D eigenvalue weighted by molar-refractivity contribution is -0.144. The summed E-state index contributed by atoms with van der Waals surface area (Å²) in [4.78, 5) is 15.3. The monoisotopic (exact) mass is 282 g/mol. The molecule has 1 heterocycles. The van der Waals surface area contributed by atoms with Crippen LogP contribution in [-0.4, -0.2) is 65.3 Å². The van der Waals surface area contributed by atoms with E-state index in [-0.39, 0.29) is 12.2 Å². The van der Waals surface area contributed by atoms with E-state index in [1.165, 1.54) is 12.1 Å². The van der Waals surface area contributed by atoms with Crippen molar-refractivity contribution in [3.8, 4) is 0 Å². The number of hydrogen-bond donors (Lipinski definition) is 2. The predicted molar refractivity (Wildman–Crippen MR) is 71.9 cm³/mol. The number of hydrogen-bond acceptors (Lipinski definition) is 4. The Hall–Kier alpha value is -1.50. The van der Waals surface area contributed by atoms with Crippen molar-refractivity contribution in [1.29, 1.82) is 0 Å². The molecule has 1 unspecified atom stereocenters. The molecule has 2 rings (SSSR count). The Morgan fingerprint density at radius 1 is 1.25 bits per heavy atom. The number of aliphatic hydroxyl groups excluding tert-OH is 1. The fourth-order valence-corrected chi connectivity index (χ4v) is 2.57. The lowest BCUT2D eigenvalue weighted by Gasteiger charge is -2.37. The van der Waals surface area contributed by atoms with Gasteiger partial charge in [0.25, 0.3) is 0 Å². The number of carbonyl (C=O) groups is 1. The Morgan fingerprint density at radius 2 is 1.90 bits per heavy atom. The number of aliphatic carboxylic acids is 1. The number of nitrogens with zero attached hydrogens (tertiary/aromatic N) is 2. The minimum absolute atomic E-state index is 0.0929. The summed E-state index contributed by atoms with van der Waals surface area (Å²) < 4.78 is 13.8. The van der Waals surface area contributed by atoms with Gasteiger partial charge in [-0.3, -0.25) is 14.6 Å². The minimum Gasteiger partial charge on any atom is -0.480 e. The van der Waals surface area contributed by atoms with E-state index in [9.17, 15) is 14.3 Å². The number of halogens is 1. The van der Waals surface area contributed by atoms with Crippen molar-refractivity contribution in [1.82, 2.24) is 9.80 Å². The van der Waals surface area contributed by atoms with E-state index >= 15 is 0 Å². The quantitative estimate of drug-likeness (QED) is 0.826. The number of rotatable bonds is 5. The van der Waals surface area contributed by atoms with Crippen LogP contribution < -0.4 is 0 Å². The highest BCUT2D eigenvalue weighted by Gasteiger charge is 2.31. The van der Waals surface area contributed by atoms with Gasteiger partial charge in [0, 0.05) is 38.3 Å². The third-order valence-electron chi connectivity index (χ3n) is 3.62. The average Bonchev–Trinajstić information content (AvgIpc) is 2.43. The molecular weight excluding hydrogens is 263 g/mol. The molecule has 0 bridgehead atoms. The van der Waals surface area contributed by atoms with E-state index in [1.54, 1.807) is 17.0 Å². The highest BCUT2D eigenvalue weighted by atomic mass is 19.1. The van der Waals surface area contributed by atoms with Crippen LogP contribution in [0.15, 0.2) is 24.3 Å². The molecule has 110 valence electrons. The van der Waals surface area contributed by atoms with Gasteiger partial charge in [0.05, 0.1) is 6.61 Å². The van der Waals surface area contributed by atoms with Crippen LogP contribution in [0.3, 0.4) is 0 Å². The number of carboxylic acid groups (broad SMARTS) is 1. The molecule has 2 N–H and O–H groups in total. The molecule has 6 heteroatoms. The first-order valence-electron chi connectivity index (χ1n) is 6.68. The maximum Gasteiger partial charge on any atom is 0.325 e. The smallest absolute Gasteiger partial charge is 0.325 e. The van der Waals surface area contributed by atoms with Gasteiger partial charge >= 0.3 is 5.97 Å². The lowest BCUT2D eigenvalue weighted by Crippen LogP contribution is -2.49. The van der Waals surface area contributed by atoms with Crippen molar-refractivity contribution in [2.45, 2.75) is 6.04 Å². The van der Waals surface area contributed by atoms with Gasteiger partial charge < -0.3 is 10.2 Å². The van der Waals surface area contributed by atoms with Gasteiger partial charge in [0.2, 0.25) is 0 Å². The number of benzene rings is 1. The van der Waals surface area contributed by atoms with Crippen molar-refractivity contribution in [3.63, 3.8) is 0 Å². The molecule has 0 spiro atoms. The van der Waals surface area contributed by atoms with Crippen LogP contribution in [0, 0.1) is 5.82 Å². The normalized spacial score (nSPS) is 18.9. The summed E-state index contributed by atoms with van der Waals surface area (Å²) in [6.07, 6.45) is 0. The number of β-amino-alcohol motifs (C(OH)–C–C–N with tert-alkyl or cyclic N) is 1. The summed E-state index contributed by atoms with van der Waals surface area (Å²) in [7, 11) is 0. The number of piperazine rings is 1. The topological polar surface area (TPSA) is 64.0 Å². The number of aliphatic hydroxyl groups is 1. The van der Waals surface area contributed by atoms with Crippen LogP contribution >= 0.6 is 0 Å². The molecule has 1 aliphatic rings. The summed E-state index contributed by atoms with van der Waals surface area (Å²) in [6.45, 7) is 3.13. The molecule has 1 aliphatic heterocycles. The van der Waals surface area contributed by atoms with Crippen LogP contribution in [0.25, 0.3) is 0 Å². The van der Waals surface area contributed by atoms with Crippen molar-refractivity contribution < 1.29 is 19.4 Å². The first-order chi connectivity index (χ1) is 9.63. The first-order valence-corrected chi connectivity index (χ1v) is 6.68. The molecular formula is C14H19FN2O3. The van der Waals surface area contributed by atoms with Crippen LogP contribution in [0.2, 0.25) is 0 Å². The summed E-state index contributed by atoms with van der Waals surface area (Å²) in [5.74, 6) is -1.52. The molecule has 0 amide bonds. The largest absolute Gasteiger partial charge is 0.480 e. The van der Waals surface area contributed by atoms with Crippen LogP contribution in [0.5, 0.6) is 0 Å². The third kappa shape index (κ3) is 3.33. The average molecular weight is 282 g/mol. The van der Waals surface area contributed by atoms with Crippen molar-refractivity contribution in [2.24, 2.45) is 0 Å². The maximum absolute atomic E-state index is 13.8. The molecule has 0 radical (unpaired) electrons. The first kappa shape index (κ1) is 14.9. The van der Waals surface area contributed by atoms with Crippen LogP contribution in [0.1, 0.15) is 11.6 Å². The molecule has 1 saturated heterocycles. The molecule has 20 heavy (non-hydrogen) atoms. The van der Waals surface area contributed by atoms with E-state index in [4.69, 9.17) is 5.11 Å². The van der Waals surface area contributed by atoms with E-state index in [2.05, 4.69) is 4.90 Å². The summed E-state index contributed by atoms with van der Waals surface area (Å²) >= 11 is 0. The number of carboxylic acids is 1. The van der Waals surface area contributed by atoms with Crippen molar-refractivity contribution in [3.05, 3.63) is 35.6 Å². The lowest BCUT2D eigenvalue weighted by atomic mass is 10.0. The van der Waals surface area contributed by atoms with E-state index < -0.39 is 17.8 Å². The van der Waals surface area contributed by atoms with Gasteiger partial charge in [0.15, 0.2) is 0 Å². The summed E-state index contributed by atoms with van der Waals surface area (Å²) in [5, 5.41) is 18.3. The maximum atomic E-state index is 13.8. The van der Waals surface area contributed by atoms with Gasteiger partial charge in [-0.15, -0.1) is 0 Å². The molecule has 1 atom stereocenters.